The number of nitriles is 1. The van der Waals surface area contributed by atoms with E-state index >= 15 is 0 Å². The lowest BCUT2D eigenvalue weighted by atomic mass is 9.82. The van der Waals surface area contributed by atoms with Gasteiger partial charge in [0.2, 0.25) is 17.8 Å². The summed E-state index contributed by atoms with van der Waals surface area (Å²) in [6, 6.07) is 9.36. The minimum absolute atomic E-state index is 0. The van der Waals surface area contributed by atoms with Gasteiger partial charge in [0.25, 0.3) is 0 Å². The number of ether oxygens (including phenoxy) is 3. The summed E-state index contributed by atoms with van der Waals surface area (Å²) in [6.45, 7) is 23.9. The number of morpholine rings is 3. The standard InChI is InChI=1S/C20H23N9O.C14H21N7O.C10H16BrN5O.C9H15BN2O2.C6H6BrN.CH4/c1-28-14-15(11-25-28)18-13-24-20(26-17-3-2-16(10-21)23-12-17)27-19(18)22-4-5-29-6-8-30-9-7-29;1-20-10-11(8-18-20)12-9-17-14(15)19-13(12)16-2-3-21-4-6-22-7-5-21;11-8-7-14-10(12)15-9(8)13-1-2-16-3-5-17-6-4-16;1-7-9(2,3)14-10(13-7)8-5-11-12(4)6-8;1-5-2-3-6(7)4-8-5;/h2-3,11-14H,4-9H2,1H3,(H2,22,24,26,27);8-10H,2-7H2,1H3,(H3,15,16,17,19);7H,1-6H2,(H3,12,13,14,15);5-7H,1-4H3;2-4H,1H3;1H4. The molecule has 0 aliphatic carbocycles. The van der Waals surface area contributed by atoms with E-state index in [1.807, 2.05) is 85.6 Å². The zero-order chi connectivity index (χ0) is 64.5. The average Bonchev–Trinajstić information content (AvgIpc) is 1.66. The van der Waals surface area contributed by atoms with E-state index in [2.05, 4.69) is 123 Å². The van der Waals surface area contributed by atoms with E-state index in [1.165, 1.54) is 0 Å². The molecule has 0 saturated carbocycles. The Balaban J connectivity index is 0.000000172. The van der Waals surface area contributed by atoms with Crippen LogP contribution in [0.1, 0.15) is 39.6 Å². The number of hydrogen-bond donors (Lipinski definition) is 6. The van der Waals surface area contributed by atoms with Crippen LogP contribution in [0, 0.1) is 18.3 Å². The monoisotopic (exact) mass is 1390 g/mol. The maximum atomic E-state index is 8.89. The van der Waals surface area contributed by atoms with Gasteiger partial charge in [-0.15, -0.1) is 0 Å². The van der Waals surface area contributed by atoms with Gasteiger partial charge in [0.15, 0.2) is 0 Å². The topological polar surface area (TPSA) is 336 Å². The van der Waals surface area contributed by atoms with Crippen molar-refractivity contribution < 1.29 is 23.5 Å². The minimum Gasteiger partial charge on any atom is -0.402 e. The van der Waals surface area contributed by atoms with E-state index in [1.54, 1.807) is 75.8 Å². The molecule has 29 nitrogen and oxygen atoms in total. The largest absolute Gasteiger partial charge is 0.497 e. The fraction of sp³-hybridized carbons (Fsp3) is 0.467. The Kier molecular flexibility index (Phi) is 28.3. The van der Waals surface area contributed by atoms with Crippen molar-refractivity contribution in [3.05, 3.63) is 113 Å². The summed E-state index contributed by atoms with van der Waals surface area (Å²) < 4.78 is 34.6. The second-order valence-corrected chi connectivity index (χ2v) is 23.7. The summed E-state index contributed by atoms with van der Waals surface area (Å²) in [7, 11) is 5.37. The van der Waals surface area contributed by atoms with Gasteiger partial charge in [-0.05, 0) is 83.8 Å². The number of nitrogens with zero attached hydrogens (tertiary/aromatic N) is 18. The third kappa shape index (κ3) is 23.1. The van der Waals surface area contributed by atoms with Crippen molar-refractivity contribution in [1.82, 2.24) is 83.9 Å². The number of nitrogens with two attached hydrogens (primary N) is 2. The van der Waals surface area contributed by atoms with Crippen molar-refractivity contribution >= 4 is 85.4 Å². The molecule has 4 fully saturated rings. The molecular weight excluding hydrogens is 1310 g/mol. The summed E-state index contributed by atoms with van der Waals surface area (Å²) in [5.41, 5.74) is 17.8. The van der Waals surface area contributed by atoms with Crippen LogP contribution in [-0.2, 0) is 44.7 Å². The van der Waals surface area contributed by atoms with E-state index in [-0.39, 0.29) is 38.1 Å². The van der Waals surface area contributed by atoms with Crippen LogP contribution in [-0.4, -0.2) is 221 Å². The van der Waals surface area contributed by atoms with Gasteiger partial charge in [-0.25, -0.2) is 19.9 Å². The van der Waals surface area contributed by atoms with Gasteiger partial charge in [0.05, 0.1) is 80.1 Å². The first kappa shape index (κ1) is 71.6. The summed E-state index contributed by atoms with van der Waals surface area (Å²) in [6.07, 6.45) is 19.8. The Morgan fingerprint density at radius 1 is 0.609 bits per heavy atom. The SMILES string of the molecule is C.CC1OB(c2cnn(C)c2)OC1(C)C.Cc1ccc(Br)cn1.Cn1cc(-c2cnc(N)nc2NCCN2CCOCC2)cn1.Cn1cc(-c2cnc(Nc3ccc(C#N)nc3)nc2NCCN2CCOCC2)cn1.Nc1ncc(Br)c(NCCN2CCOCC2)n1. The second-order valence-electron chi connectivity index (χ2n) is 21.9. The first-order valence-electron chi connectivity index (χ1n) is 29.9. The highest BCUT2D eigenvalue weighted by molar-refractivity contribution is 9.10. The van der Waals surface area contributed by atoms with Crippen LogP contribution in [0.15, 0.2) is 101 Å². The Morgan fingerprint density at radius 2 is 1.11 bits per heavy atom. The Labute approximate surface area is 555 Å². The van der Waals surface area contributed by atoms with Gasteiger partial charge in [0.1, 0.15) is 29.2 Å². The molecule has 4 aliphatic heterocycles. The normalized spacial score (nSPS) is 16.3. The van der Waals surface area contributed by atoms with E-state index in [4.69, 9.17) is 40.2 Å². The van der Waals surface area contributed by atoms with Crippen molar-refractivity contribution in [3.8, 4) is 28.3 Å². The van der Waals surface area contributed by atoms with Gasteiger partial charge in [-0.2, -0.15) is 35.5 Å². The molecule has 0 aromatic carbocycles. The second kappa shape index (κ2) is 36.4. The molecule has 0 spiro atoms. The Hall–Kier alpha value is -7.84. The molecule has 1 unspecified atom stereocenters. The van der Waals surface area contributed by atoms with Gasteiger partial charge in [-0.1, -0.05) is 7.43 Å². The molecule has 12 heterocycles. The van der Waals surface area contributed by atoms with Gasteiger partial charge < -0.3 is 56.3 Å². The average molecular weight is 1390 g/mol. The van der Waals surface area contributed by atoms with Crippen molar-refractivity contribution in [1.29, 1.82) is 5.26 Å². The first-order chi connectivity index (χ1) is 44.0. The molecule has 12 rings (SSSR count). The lowest BCUT2D eigenvalue weighted by Gasteiger charge is -2.26. The number of aryl methyl sites for hydroxylation is 4. The zero-order valence-corrected chi connectivity index (χ0v) is 55.7. The number of pyridine rings is 2. The Morgan fingerprint density at radius 3 is 1.55 bits per heavy atom. The molecule has 4 saturated heterocycles. The quantitative estimate of drug-likeness (QED) is 0.0611. The number of aromatic nitrogens is 14. The van der Waals surface area contributed by atoms with Crippen LogP contribution in [0.2, 0.25) is 0 Å². The third-order valence-corrected chi connectivity index (χ3v) is 15.6. The highest BCUT2D eigenvalue weighted by Gasteiger charge is 2.44. The van der Waals surface area contributed by atoms with Crippen LogP contribution in [0.4, 0.5) is 41.0 Å². The fourth-order valence-corrected chi connectivity index (χ4v) is 9.76. The summed E-state index contributed by atoms with van der Waals surface area (Å²) in [5.74, 6) is 3.21. The first-order valence-corrected chi connectivity index (χ1v) is 31.5. The van der Waals surface area contributed by atoms with Crippen LogP contribution in [0.3, 0.4) is 0 Å². The van der Waals surface area contributed by atoms with Crippen molar-refractivity contribution in [2.24, 2.45) is 21.1 Å². The molecule has 0 bridgehead atoms. The molecule has 492 valence electrons. The highest BCUT2D eigenvalue weighted by atomic mass is 79.9. The number of hydrogen-bond acceptors (Lipinski definition) is 26. The van der Waals surface area contributed by atoms with E-state index in [9.17, 15) is 0 Å². The smallest absolute Gasteiger partial charge is 0.402 e. The van der Waals surface area contributed by atoms with Gasteiger partial charge in [-0.3, -0.25) is 33.7 Å². The predicted molar refractivity (Wildman–Crippen MR) is 364 cm³/mol. The van der Waals surface area contributed by atoms with E-state index in [0.717, 1.165) is 178 Å². The van der Waals surface area contributed by atoms with Gasteiger partial charge in [0, 0.05) is 187 Å². The van der Waals surface area contributed by atoms with E-state index in [0.29, 0.717) is 17.3 Å². The summed E-state index contributed by atoms with van der Waals surface area (Å²) in [5, 5.41) is 34.6. The molecule has 8 N–H and O–H groups in total. The fourth-order valence-electron chi connectivity index (χ4n) is 9.20. The summed E-state index contributed by atoms with van der Waals surface area (Å²) >= 11 is 6.66. The molecule has 32 heteroatoms. The Bertz CT molecular complexity index is 3500. The summed E-state index contributed by atoms with van der Waals surface area (Å²) in [4.78, 5) is 40.7. The van der Waals surface area contributed by atoms with Crippen LogP contribution >= 0.6 is 31.9 Å². The zero-order valence-electron chi connectivity index (χ0n) is 52.5. The predicted octanol–water partition coefficient (Wildman–Crippen LogP) is 5.52. The molecule has 8 aromatic rings. The molecule has 0 amide bonds. The molecule has 8 aromatic heterocycles. The molecule has 4 aliphatic rings. The third-order valence-electron chi connectivity index (χ3n) is 14.6. The van der Waals surface area contributed by atoms with Crippen molar-refractivity contribution in [3.63, 3.8) is 0 Å². The molecular formula is C60H85BBr2N24O5. The van der Waals surface area contributed by atoms with Crippen LogP contribution < -0.4 is 38.2 Å². The number of nitrogen functional groups attached to an aromatic ring is 2. The molecule has 92 heavy (non-hydrogen) atoms. The lowest BCUT2D eigenvalue weighted by molar-refractivity contribution is 0.0398. The van der Waals surface area contributed by atoms with Crippen molar-refractivity contribution in [2.45, 2.75) is 46.8 Å². The number of anilines is 7. The van der Waals surface area contributed by atoms with Crippen LogP contribution in [0.25, 0.3) is 22.3 Å². The van der Waals surface area contributed by atoms with Crippen LogP contribution in [0.5, 0.6) is 0 Å². The maximum absolute atomic E-state index is 8.89. The van der Waals surface area contributed by atoms with Crippen molar-refractivity contribution in [2.75, 3.05) is 151 Å². The minimum atomic E-state index is -0.270. The van der Waals surface area contributed by atoms with Gasteiger partial charge >= 0.3 is 7.12 Å². The number of nitrogens with one attached hydrogen (secondary N) is 4. The maximum Gasteiger partial charge on any atom is 0.497 e. The van der Waals surface area contributed by atoms with E-state index < -0.39 is 0 Å². The molecule has 1 atom stereocenters. The highest BCUT2D eigenvalue weighted by Crippen LogP contribution is 2.29. The number of halogens is 2. The lowest BCUT2D eigenvalue weighted by Crippen LogP contribution is -2.39. The number of rotatable bonds is 17. The molecule has 0 radical (unpaired) electrons.